The summed E-state index contributed by atoms with van der Waals surface area (Å²) in [5.74, 6) is 1.40. The van der Waals surface area contributed by atoms with Crippen LogP contribution in [0.15, 0.2) is 58.2 Å². The molecule has 2 aromatic carbocycles. The highest BCUT2D eigenvalue weighted by Gasteiger charge is 2.13. The molecule has 0 aliphatic heterocycles. The molecule has 0 saturated heterocycles. The second-order valence-electron chi connectivity index (χ2n) is 5.13. The Morgan fingerprint density at radius 2 is 1.88 bits per heavy atom. The van der Waals surface area contributed by atoms with E-state index in [4.69, 9.17) is 13.9 Å². The summed E-state index contributed by atoms with van der Waals surface area (Å²) in [6.07, 6.45) is 0. The standard InChI is InChI=1S/C18H16N2O4S/c1-12-5-3-4-6-15(12)23-16(21)11-25-18-20-19-17(24-18)13-7-9-14(22-2)10-8-13/h3-10H,11H2,1-2H3. The van der Waals surface area contributed by atoms with E-state index in [9.17, 15) is 4.79 Å². The number of carbonyl (C=O) groups excluding carboxylic acids is 1. The van der Waals surface area contributed by atoms with Gasteiger partial charge in [-0.15, -0.1) is 10.2 Å². The molecular formula is C18H16N2O4S. The maximum atomic E-state index is 11.9. The highest BCUT2D eigenvalue weighted by Crippen LogP contribution is 2.25. The molecule has 0 bridgehead atoms. The molecule has 3 rings (SSSR count). The van der Waals surface area contributed by atoms with Crippen molar-refractivity contribution in [3.05, 3.63) is 54.1 Å². The van der Waals surface area contributed by atoms with Crippen LogP contribution in [0.25, 0.3) is 11.5 Å². The molecular weight excluding hydrogens is 340 g/mol. The lowest BCUT2D eigenvalue weighted by Gasteiger charge is -2.05. The molecule has 0 aliphatic rings. The lowest BCUT2D eigenvalue weighted by Crippen LogP contribution is -2.11. The van der Waals surface area contributed by atoms with Gasteiger partial charge in [-0.2, -0.15) is 0 Å². The van der Waals surface area contributed by atoms with Crippen LogP contribution in [0, 0.1) is 6.92 Å². The molecule has 7 heteroatoms. The highest BCUT2D eigenvalue weighted by atomic mass is 32.2. The number of benzene rings is 2. The van der Waals surface area contributed by atoms with Gasteiger partial charge in [0.05, 0.1) is 7.11 Å². The SMILES string of the molecule is COc1ccc(-c2nnc(SCC(=O)Oc3ccccc3C)o2)cc1. The number of thioether (sulfide) groups is 1. The summed E-state index contributed by atoms with van der Waals surface area (Å²) in [5.41, 5.74) is 1.68. The summed E-state index contributed by atoms with van der Waals surface area (Å²) in [4.78, 5) is 11.9. The number of aromatic nitrogens is 2. The zero-order valence-corrected chi connectivity index (χ0v) is 14.6. The Kier molecular flexibility index (Phi) is 5.35. The minimum absolute atomic E-state index is 0.0819. The maximum Gasteiger partial charge on any atom is 0.321 e. The third-order valence-corrected chi connectivity index (χ3v) is 4.17. The third-order valence-electron chi connectivity index (χ3n) is 3.37. The predicted molar refractivity (Wildman–Crippen MR) is 93.8 cm³/mol. The fourth-order valence-electron chi connectivity index (χ4n) is 2.06. The van der Waals surface area contributed by atoms with Crippen LogP contribution in [0.5, 0.6) is 11.5 Å². The van der Waals surface area contributed by atoms with Gasteiger partial charge in [-0.3, -0.25) is 4.79 Å². The summed E-state index contributed by atoms with van der Waals surface area (Å²) in [7, 11) is 1.60. The minimum atomic E-state index is -0.372. The lowest BCUT2D eigenvalue weighted by atomic mass is 10.2. The quantitative estimate of drug-likeness (QED) is 0.378. The van der Waals surface area contributed by atoms with Crippen molar-refractivity contribution in [1.82, 2.24) is 10.2 Å². The molecule has 1 heterocycles. The van der Waals surface area contributed by atoms with Gasteiger partial charge >= 0.3 is 5.97 Å². The average Bonchev–Trinajstić information content (AvgIpc) is 3.11. The first kappa shape index (κ1) is 17.0. The van der Waals surface area contributed by atoms with E-state index >= 15 is 0 Å². The lowest BCUT2D eigenvalue weighted by molar-refractivity contribution is -0.131. The number of esters is 1. The first-order valence-electron chi connectivity index (χ1n) is 7.53. The number of rotatable bonds is 6. The first-order valence-corrected chi connectivity index (χ1v) is 8.51. The molecule has 0 amide bonds. The van der Waals surface area contributed by atoms with Crippen molar-refractivity contribution in [3.8, 4) is 23.0 Å². The van der Waals surface area contributed by atoms with Gasteiger partial charge in [0.25, 0.3) is 5.22 Å². The predicted octanol–water partition coefficient (Wildman–Crippen LogP) is 3.75. The van der Waals surface area contributed by atoms with Gasteiger partial charge in [0.1, 0.15) is 17.3 Å². The number of nitrogens with zero attached hydrogens (tertiary/aromatic N) is 2. The van der Waals surface area contributed by atoms with Crippen LogP contribution in [-0.2, 0) is 4.79 Å². The van der Waals surface area contributed by atoms with Crippen molar-refractivity contribution in [1.29, 1.82) is 0 Å². The Bertz CT molecular complexity index is 862. The Labute approximate surface area is 149 Å². The van der Waals surface area contributed by atoms with E-state index in [1.165, 1.54) is 0 Å². The van der Waals surface area contributed by atoms with E-state index in [-0.39, 0.29) is 11.7 Å². The van der Waals surface area contributed by atoms with Crippen LogP contribution in [-0.4, -0.2) is 29.0 Å². The van der Waals surface area contributed by atoms with Crippen LogP contribution >= 0.6 is 11.8 Å². The maximum absolute atomic E-state index is 11.9. The van der Waals surface area contributed by atoms with Crippen molar-refractivity contribution in [2.75, 3.05) is 12.9 Å². The van der Waals surface area contributed by atoms with E-state index in [1.54, 1.807) is 13.2 Å². The summed E-state index contributed by atoms with van der Waals surface area (Å²) in [5, 5.41) is 8.24. The largest absolute Gasteiger partial charge is 0.497 e. The molecule has 1 aromatic heterocycles. The normalized spacial score (nSPS) is 10.5. The summed E-state index contributed by atoms with van der Waals surface area (Å²) >= 11 is 1.14. The molecule has 0 fully saturated rings. The molecule has 0 unspecified atom stereocenters. The van der Waals surface area contributed by atoms with Gasteiger partial charge in [0.15, 0.2) is 0 Å². The van der Waals surface area contributed by atoms with Gasteiger partial charge in [-0.05, 0) is 42.8 Å². The van der Waals surface area contributed by atoms with Crippen molar-refractivity contribution in [2.24, 2.45) is 0 Å². The van der Waals surface area contributed by atoms with Gasteiger partial charge in [-0.25, -0.2) is 0 Å². The molecule has 6 nitrogen and oxygen atoms in total. The Morgan fingerprint density at radius 1 is 1.12 bits per heavy atom. The van der Waals surface area contributed by atoms with Gasteiger partial charge < -0.3 is 13.9 Å². The number of carbonyl (C=O) groups is 1. The zero-order valence-electron chi connectivity index (χ0n) is 13.8. The zero-order chi connectivity index (χ0) is 17.6. The summed E-state index contributed by atoms with van der Waals surface area (Å²) < 4.78 is 16.0. The van der Waals surface area contributed by atoms with Crippen LogP contribution in [0.3, 0.4) is 0 Å². The summed E-state index contributed by atoms with van der Waals surface area (Å²) in [6, 6.07) is 14.6. The fourth-order valence-corrected chi connectivity index (χ4v) is 2.60. The van der Waals surface area contributed by atoms with Crippen molar-refractivity contribution >= 4 is 17.7 Å². The molecule has 128 valence electrons. The van der Waals surface area contributed by atoms with Crippen molar-refractivity contribution < 1.29 is 18.7 Å². The second kappa shape index (κ2) is 7.85. The number of hydrogen-bond donors (Lipinski definition) is 0. The molecule has 0 aliphatic carbocycles. The molecule has 25 heavy (non-hydrogen) atoms. The highest BCUT2D eigenvalue weighted by molar-refractivity contribution is 7.99. The number of hydrogen-bond acceptors (Lipinski definition) is 7. The molecule has 0 radical (unpaired) electrons. The van der Waals surface area contributed by atoms with E-state index in [1.807, 2.05) is 49.4 Å². The first-order chi connectivity index (χ1) is 12.2. The Hall–Kier alpha value is -2.80. The Balaban J connectivity index is 1.58. The number of para-hydroxylation sites is 1. The van der Waals surface area contributed by atoms with E-state index in [2.05, 4.69) is 10.2 Å². The van der Waals surface area contributed by atoms with Crippen molar-refractivity contribution in [2.45, 2.75) is 12.1 Å². The van der Waals surface area contributed by atoms with E-state index in [0.29, 0.717) is 16.9 Å². The molecule has 0 saturated carbocycles. The third kappa shape index (κ3) is 4.39. The molecule has 3 aromatic rings. The topological polar surface area (TPSA) is 74.5 Å². The van der Waals surface area contributed by atoms with Crippen LogP contribution < -0.4 is 9.47 Å². The number of aryl methyl sites for hydroxylation is 1. The minimum Gasteiger partial charge on any atom is -0.497 e. The van der Waals surface area contributed by atoms with E-state index < -0.39 is 0 Å². The smallest absolute Gasteiger partial charge is 0.321 e. The number of ether oxygens (including phenoxy) is 2. The van der Waals surface area contributed by atoms with Crippen molar-refractivity contribution in [3.63, 3.8) is 0 Å². The van der Waals surface area contributed by atoms with Crippen LogP contribution in [0.4, 0.5) is 0 Å². The van der Waals surface area contributed by atoms with Gasteiger partial charge in [-0.1, -0.05) is 30.0 Å². The monoisotopic (exact) mass is 356 g/mol. The molecule has 0 N–H and O–H groups in total. The van der Waals surface area contributed by atoms with Gasteiger partial charge in [0.2, 0.25) is 5.89 Å². The van der Waals surface area contributed by atoms with Crippen LogP contribution in [0.2, 0.25) is 0 Å². The molecule has 0 atom stereocenters. The van der Waals surface area contributed by atoms with E-state index in [0.717, 1.165) is 28.6 Å². The Morgan fingerprint density at radius 3 is 2.60 bits per heavy atom. The molecule has 0 spiro atoms. The van der Waals surface area contributed by atoms with Crippen LogP contribution in [0.1, 0.15) is 5.56 Å². The fraction of sp³-hybridized carbons (Fsp3) is 0.167. The summed E-state index contributed by atoms with van der Waals surface area (Å²) in [6.45, 7) is 1.88. The van der Waals surface area contributed by atoms with Gasteiger partial charge in [0, 0.05) is 5.56 Å². The second-order valence-corrected chi connectivity index (χ2v) is 6.06. The average molecular weight is 356 g/mol. The number of methoxy groups -OCH3 is 1.